The summed E-state index contributed by atoms with van der Waals surface area (Å²) < 4.78 is 4.82. The number of rotatable bonds is 8. The quantitative estimate of drug-likeness (QED) is 0.531. The second-order valence-corrected chi connectivity index (χ2v) is 7.10. The van der Waals surface area contributed by atoms with Gasteiger partial charge in [0.1, 0.15) is 0 Å². The Morgan fingerprint density at radius 3 is 2.91 bits per heavy atom. The Bertz CT molecular complexity index is 404. The molecule has 0 aliphatic heterocycles. The first-order chi connectivity index (χ1) is 11.1. The van der Waals surface area contributed by atoms with Crippen LogP contribution in [0.1, 0.15) is 71.1 Å². The monoisotopic (exact) mass is 324 g/mol. The molecular weight excluding hydrogens is 292 g/mol. The molecule has 2 aliphatic rings. The van der Waals surface area contributed by atoms with Crippen molar-refractivity contribution in [3.05, 3.63) is 11.6 Å². The van der Waals surface area contributed by atoms with E-state index in [-0.39, 0.29) is 12.8 Å². The molecule has 0 aromatic rings. The molecule has 2 rings (SSSR count). The number of carbonyl (C=O) groups excluding carboxylic acids is 1. The molecule has 0 spiro atoms. The van der Waals surface area contributed by atoms with Crippen molar-refractivity contribution in [3.8, 4) is 0 Å². The van der Waals surface area contributed by atoms with Gasteiger partial charge in [-0.2, -0.15) is 0 Å². The topological polar surface area (TPSA) is 66.8 Å². The van der Waals surface area contributed by atoms with Crippen LogP contribution in [0.3, 0.4) is 0 Å². The van der Waals surface area contributed by atoms with Gasteiger partial charge in [0.05, 0.1) is 25.2 Å². The summed E-state index contributed by atoms with van der Waals surface area (Å²) in [5.74, 6) is 1.03. The summed E-state index contributed by atoms with van der Waals surface area (Å²) in [4.78, 5) is 11.3. The summed E-state index contributed by atoms with van der Waals surface area (Å²) in [5.41, 5.74) is 1.66. The Labute approximate surface area is 139 Å². The number of esters is 1. The zero-order chi connectivity index (χ0) is 16.7. The maximum atomic E-state index is 11.3. The highest BCUT2D eigenvalue weighted by Gasteiger charge is 2.30. The van der Waals surface area contributed by atoms with Gasteiger partial charge in [0.15, 0.2) is 0 Å². The second kappa shape index (κ2) is 9.43. The zero-order valence-electron chi connectivity index (χ0n) is 14.4. The molecular formula is C19H32O4. The first-order valence-electron chi connectivity index (χ1n) is 9.30. The molecule has 0 aromatic carbocycles. The number of aliphatic hydroxyl groups excluding tert-OH is 2. The van der Waals surface area contributed by atoms with Gasteiger partial charge in [0.2, 0.25) is 0 Å². The predicted octanol–water partition coefficient (Wildman–Crippen LogP) is 3.36. The number of hydrogen-bond donors (Lipinski definition) is 2. The van der Waals surface area contributed by atoms with Gasteiger partial charge < -0.3 is 14.9 Å². The molecule has 4 heteroatoms. The molecule has 0 amide bonds. The van der Waals surface area contributed by atoms with Crippen molar-refractivity contribution < 1.29 is 19.7 Å². The highest BCUT2D eigenvalue weighted by atomic mass is 16.5. The Morgan fingerprint density at radius 2 is 2.13 bits per heavy atom. The number of hydrogen-bond acceptors (Lipinski definition) is 4. The van der Waals surface area contributed by atoms with Crippen LogP contribution in [0.2, 0.25) is 0 Å². The van der Waals surface area contributed by atoms with Crippen molar-refractivity contribution in [1.82, 2.24) is 0 Å². The van der Waals surface area contributed by atoms with Crippen molar-refractivity contribution in [2.24, 2.45) is 11.8 Å². The molecule has 0 aromatic heterocycles. The smallest absolute Gasteiger partial charge is 0.308 e. The van der Waals surface area contributed by atoms with Gasteiger partial charge in [-0.15, -0.1) is 0 Å². The minimum atomic E-state index is -0.805. The Balaban J connectivity index is 1.71. The van der Waals surface area contributed by atoms with E-state index in [1.165, 1.54) is 38.5 Å². The fraction of sp³-hybridized carbons (Fsp3) is 0.842. The van der Waals surface area contributed by atoms with Gasteiger partial charge in [-0.05, 0) is 76.5 Å². The molecule has 1 fully saturated rings. The average Bonchev–Trinajstić information content (AvgIpc) is 2.52. The Kier molecular flexibility index (Phi) is 7.57. The van der Waals surface area contributed by atoms with Crippen LogP contribution in [-0.2, 0) is 9.53 Å². The van der Waals surface area contributed by atoms with Crippen LogP contribution in [-0.4, -0.2) is 35.0 Å². The summed E-state index contributed by atoms with van der Waals surface area (Å²) in [5, 5.41) is 20.0. The van der Waals surface area contributed by atoms with Crippen molar-refractivity contribution in [2.75, 3.05) is 6.61 Å². The summed E-state index contributed by atoms with van der Waals surface area (Å²) >= 11 is 0. The first kappa shape index (κ1) is 18.5. The van der Waals surface area contributed by atoms with E-state index in [0.717, 1.165) is 12.3 Å². The van der Waals surface area contributed by atoms with Crippen LogP contribution in [0.4, 0.5) is 0 Å². The maximum absolute atomic E-state index is 11.3. The predicted molar refractivity (Wildman–Crippen MR) is 89.9 cm³/mol. The molecule has 23 heavy (non-hydrogen) atoms. The van der Waals surface area contributed by atoms with E-state index < -0.39 is 18.2 Å². The molecule has 4 atom stereocenters. The number of allylic oxidation sites excluding steroid dienone is 2. The molecule has 132 valence electrons. The Hall–Kier alpha value is -0.870. The summed E-state index contributed by atoms with van der Waals surface area (Å²) in [6.07, 6.45) is 10.7. The van der Waals surface area contributed by atoms with E-state index in [4.69, 9.17) is 4.74 Å². The van der Waals surface area contributed by atoms with Crippen molar-refractivity contribution >= 4 is 5.97 Å². The van der Waals surface area contributed by atoms with E-state index in [1.807, 2.05) is 0 Å². The number of fused-ring (bicyclic) bond motifs is 1. The molecule has 1 saturated carbocycles. The first-order valence-corrected chi connectivity index (χ1v) is 9.30. The zero-order valence-corrected chi connectivity index (χ0v) is 14.4. The van der Waals surface area contributed by atoms with Crippen LogP contribution in [0.25, 0.3) is 0 Å². The summed E-state index contributed by atoms with van der Waals surface area (Å²) in [6, 6.07) is 0. The third-order valence-electron chi connectivity index (χ3n) is 5.33. The van der Waals surface area contributed by atoms with Gasteiger partial charge in [0, 0.05) is 0 Å². The van der Waals surface area contributed by atoms with Crippen molar-refractivity contribution in [3.63, 3.8) is 0 Å². The van der Waals surface area contributed by atoms with E-state index in [0.29, 0.717) is 18.9 Å². The van der Waals surface area contributed by atoms with E-state index >= 15 is 0 Å². The molecule has 4 unspecified atom stereocenters. The fourth-order valence-electron chi connectivity index (χ4n) is 4.24. The molecule has 0 bridgehead atoms. The third-order valence-corrected chi connectivity index (χ3v) is 5.33. The highest BCUT2D eigenvalue weighted by molar-refractivity contribution is 5.69. The highest BCUT2D eigenvalue weighted by Crippen LogP contribution is 2.42. The van der Waals surface area contributed by atoms with Gasteiger partial charge in [0.25, 0.3) is 0 Å². The minimum Gasteiger partial charge on any atom is -0.466 e. The van der Waals surface area contributed by atoms with E-state index in [9.17, 15) is 15.0 Å². The van der Waals surface area contributed by atoms with Gasteiger partial charge in [-0.1, -0.05) is 11.6 Å². The average molecular weight is 324 g/mol. The van der Waals surface area contributed by atoms with E-state index in [2.05, 4.69) is 6.08 Å². The standard InChI is InChI=1S/C19H32O4/c1-2-23-19(22)13-17(21)12-16(20)11-10-15-8-5-7-14-6-3-4-9-18(14)15/h6,15-18,20-21H,2-5,7-13H2,1H3. The van der Waals surface area contributed by atoms with E-state index in [1.54, 1.807) is 12.5 Å². The third kappa shape index (κ3) is 5.92. The lowest BCUT2D eigenvalue weighted by atomic mass is 9.69. The molecule has 2 aliphatic carbocycles. The largest absolute Gasteiger partial charge is 0.466 e. The number of ether oxygens (including phenoxy) is 1. The lowest BCUT2D eigenvalue weighted by molar-refractivity contribution is -0.145. The number of aliphatic hydroxyl groups is 2. The second-order valence-electron chi connectivity index (χ2n) is 7.10. The lowest BCUT2D eigenvalue weighted by Crippen LogP contribution is -2.26. The van der Waals surface area contributed by atoms with Crippen LogP contribution in [0.5, 0.6) is 0 Å². The van der Waals surface area contributed by atoms with Crippen LogP contribution in [0.15, 0.2) is 11.6 Å². The van der Waals surface area contributed by atoms with Gasteiger partial charge in [-0.25, -0.2) is 0 Å². The molecule has 0 radical (unpaired) electrons. The molecule has 0 heterocycles. The van der Waals surface area contributed by atoms with Crippen molar-refractivity contribution in [1.29, 1.82) is 0 Å². The molecule has 2 N–H and O–H groups in total. The summed E-state index contributed by atoms with van der Waals surface area (Å²) in [6.45, 7) is 2.07. The molecule has 0 saturated heterocycles. The van der Waals surface area contributed by atoms with Crippen LogP contribution >= 0.6 is 0 Å². The van der Waals surface area contributed by atoms with Crippen LogP contribution < -0.4 is 0 Å². The van der Waals surface area contributed by atoms with Crippen LogP contribution in [0, 0.1) is 11.8 Å². The summed E-state index contributed by atoms with van der Waals surface area (Å²) in [7, 11) is 0. The SMILES string of the molecule is CCOC(=O)CC(O)CC(O)CCC1CCCC2=CCCCC21. The van der Waals surface area contributed by atoms with Gasteiger partial charge in [-0.3, -0.25) is 4.79 Å². The number of carbonyl (C=O) groups is 1. The lowest BCUT2D eigenvalue weighted by Gasteiger charge is -2.37. The minimum absolute atomic E-state index is 0.0240. The maximum Gasteiger partial charge on any atom is 0.308 e. The van der Waals surface area contributed by atoms with Crippen molar-refractivity contribution in [2.45, 2.75) is 83.3 Å². The molecule has 4 nitrogen and oxygen atoms in total. The Morgan fingerprint density at radius 1 is 1.30 bits per heavy atom. The normalized spacial score (nSPS) is 26.8. The fourth-order valence-corrected chi connectivity index (χ4v) is 4.24. The van der Waals surface area contributed by atoms with Gasteiger partial charge >= 0.3 is 5.97 Å².